The van der Waals surface area contributed by atoms with Gasteiger partial charge in [-0.2, -0.15) is 0 Å². The fourth-order valence-corrected chi connectivity index (χ4v) is 5.34. The molecule has 1 unspecified atom stereocenters. The zero-order chi connectivity index (χ0) is 30.6. The number of aliphatic imine (C=N–C) groups is 1. The summed E-state index contributed by atoms with van der Waals surface area (Å²) in [5.74, 6) is 0.393. The molecule has 1 aromatic carbocycles. The maximum atomic E-state index is 12.4. The molecule has 230 valence electrons. The average molecular weight is 590 g/mol. The number of aldehydes is 1. The van der Waals surface area contributed by atoms with Crippen molar-refractivity contribution in [3.8, 4) is 0 Å². The van der Waals surface area contributed by atoms with Gasteiger partial charge in [-0.1, -0.05) is 43.9 Å². The van der Waals surface area contributed by atoms with Gasteiger partial charge in [-0.3, -0.25) is 24.3 Å². The molecule has 0 spiro atoms. The summed E-state index contributed by atoms with van der Waals surface area (Å²) in [6, 6.07) is 5.92. The molecule has 9 heteroatoms. The van der Waals surface area contributed by atoms with Crippen LogP contribution < -0.4 is 16.4 Å². The number of likely N-dealkylation sites (N-methyl/N-ethyl adjacent to an activating group) is 1. The van der Waals surface area contributed by atoms with Crippen LogP contribution in [0.15, 0.2) is 35.3 Å². The third kappa shape index (κ3) is 17.1. The minimum absolute atomic E-state index is 0.123. The van der Waals surface area contributed by atoms with Gasteiger partial charge in [0.25, 0.3) is 0 Å². The van der Waals surface area contributed by atoms with Gasteiger partial charge in [0.2, 0.25) is 11.8 Å². The minimum Gasteiger partial charge on any atom is -0.370 e. The third-order valence-corrected chi connectivity index (χ3v) is 7.45. The van der Waals surface area contributed by atoms with Crippen LogP contribution in [-0.4, -0.2) is 68.0 Å². The first-order chi connectivity index (χ1) is 19.5. The van der Waals surface area contributed by atoms with Gasteiger partial charge in [-0.05, 0) is 101 Å². The summed E-state index contributed by atoms with van der Waals surface area (Å²) in [6.07, 6.45) is 12.2. The molecule has 2 fully saturated rings. The van der Waals surface area contributed by atoms with E-state index in [9.17, 15) is 14.4 Å². The lowest BCUT2D eigenvalue weighted by molar-refractivity contribution is -0.122. The zero-order valence-electron chi connectivity index (χ0n) is 25.6. The Morgan fingerprint density at radius 2 is 1.73 bits per heavy atom. The lowest BCUT2D eigenvalue weighted by Gasteiger charge is -2.31. The predicted molar refractivity (Wildman–Crippen MR) is 171 cm³/mol. The van der Waals surface area contributed by atoms with Crippen molar-refractivity contribution in [3.63, 3.8) is 0 Å². The number of primary amides is 1. The van der Waals surface area contributed by atoms with Crippen molar-refractivity contribution in [2.24, 2.45) is 16.6 Å². The number of aryl methyl sites for hydroxylation is 1. The van der Waals surface area contributed by atoms with E-state index < -0.39 is 0 Å². The molecule has 4 N–H and O–H groups in total. The molecule has 1 aliphatic carbocycles. The van der Waals surface area contributed by atoms with E-state index >= 15 is 0 Å². The van der Waals surface area contributed by atoms with E-state index in [2.05, 4.69) is 32.8 Å². The molecule has 2 amide bonds. The summed E-state index contributed by atoms with van der Waals surface area (Å²) >= 11 is 5.99. The molecule has 3 rings (SSSR count). The Balaban J connectivity index is 0.000000461. The number of halogens is 1. The van der Waals surface area contributed by atoms with Gasteiger partial charge < -0.3 is 16.4 Å². The van der Waals surface area contributed by atoms with Gasteiger partial charge in [-0.15, -0.1) is 0 Å². The first-order valence-corrected chi connectivity index (χ1v) is 15.3. The summed E-state index contributed by atoms with van der Waals surface area (Å²) in [7, 11) is 1.95. The molecule has 41 heavy (non-hydrogen) atoms. The highest BCUT2D eigenvalue weighted by Gasteiger charge is 2.24. The molecule has 2 aliphatic rings. The van der Waals surface area contributed by atoms with E-state index in [0.29, 0.717) is 24.3 Å². The Labute approximate surface area is 252 Å². The van der Waals surface area contributed by atoms with Crippen molar-refractivity contribution in [2.75, 3.05) is 33.2 Å². The Hall–Kier alpha value is -2.55. The van der Waals surface area contributed by atoms with Crippen molar-refractivity contribution in [1.29, 1.82) is 0 Å². The van der Waals surface area contributed by atoms with E-state index in [0.717, 1.165) is 54.5 Å². The molecule has 1 aliphatic heterocycles. The Kier molecular flexibility index (Phi) is 18.9. The normalized spacial score (nSPS) is 16.8. The highest BCUT2D eigenvalue weighted by molar-refractivity contribution is 6.30. The fourth-order valence-electron chi connectivity index (χ4n) is 5.11. The van der Waals surface area contributed by atoms with Crippen LogP contribution in [0, 0.1) is 12.8 Å². The fraction of sp³-hybridized carbons (Fsp3) is 0.625. The molecule has 1 aromatic rings. The van der Waals surface area contributed by atoms with Gasteiger partial charge in [0.05, 0.1) is 5.69 Å². The van der Waals surface area contributed by atoms with E-state index in [1.54, 1.807) is 0 Å². The van der Waals surface area contributed by atoms with E-state index in [-0.39, 0.29) is 17.9 Å². The first-order valence-electron chi connectivity index (χ1n) is 14.9. The summed E-state index contributed by atoms with van der Waals surface area (Å²) in [5, 5.41) is 7.20. The highest BCUT2D eigenvalue weighted by Crippen LogP contribution is 2.26. The quantitative estimate of drug-likeness (QED) is 0.178. The Bertz CT molecular complexity index is 982. The van der Waals surface area contributed by atoms with Crippen LogP contribution >= 0.6 is 11.6 Å². The standard InChI is InChI=1S/C21H32ClN3O.C9H15NO.C2H5NO/c1-15-13-18(22)10-11-19(15)24-16(2)9-12-21(26)25-20(14-23-3)17-7-5-4-6-8-17;1-9(8-11)7-10-5-3-2-4-6-10;1-2(3)4/h10-11,13,17,20,23H,4-9,12,14H2,1-3H3,(H,25,26);8H,1-7H2;1H3,(H2,3,4). The number of rotatable bonds is 11. The Morgan fingerprint density at radius 1 is 1.12 bits per heavy atom. The predicted octanol–water partition coefficient (Wildman–Crippen LogP) is 5.52. The first kappa shape index (κ1) is 36.5. The molecule has 0 aromatic heterocycles. The molecule has 8 nitrogen and oxygen atoms in total. The van der Waals surface area contributed by atoms with Crippen molar-refractivity contribution < 1.29 is 14.4 Å². The summed E-state index contributed by atoms with van der Waals surface area (Å²) < 4.78 is 0. The number of hydrogen-bond acceptors (Lipinski definition) is 6. The van der Waals surface area contributed by atoms with Crippen LogP contribution in [0.4, 0.5) is 5.69 Å². The van der Waals surface area contributed by atoms with Crippen molar-refractivity contribution in [3.05, 3.63) is 40.9 Å². The molecule has 1 saturated heterocycles. The zero-order valence-corrected chi connectivity index (χ0v) is 26.4. The average Bonchev–Trinajstić information content (AvgIpc) is 2.94. The van der Waals surface area contributed by atoms with Gasteiger partial charge in [-0.25, -0.2) is 0 Å². The number of amides is 2. The lowest BCUT2D eigenvalue weighted by atomic mass is 9.83. The number of carbonyl (C=O) groups excluding carboxylic acids is 3. The number of piperidine rings is 1. The molecule has 1 saturated carbocycles. The lowest BCUT2D eigenvalue weighted by Crippen LogP contribution is -2.46. The van der Waals surface area contributed by atoms with Crippen molar-refractivity contribution in [1.82, 2.24) is 15.5 Å². The van der Waals surface area contributed by atoms with Crippen LogP contribution in [0.2, 0.25) is 5.02 Å². The maximum Gasteiger partial charge on any atom is 0.220 e. The maximum absolute atomic E-state index is 12.4. The van der Waals surface area contributed by atoms with Crippen LogP contribution in [0.3, 0.4) is 0 Å². The van der Waals surface area contributed by atoms with Gasteiger partial charge in [0.1, 0.15) is 6.29 Å². The van der Waals surface area contributed by atoms with Crippen LogP contribution in [0.1, 0.15) is 83.6 Å². The summed E-state index contributed by atoms with van der Waals surface area (Å²) in [6.45, 7) is 12.8. The number of nitrogens with two attached hydrogens (primary N) is 1. The third-order valence-electron chi connectivity index (χ3n) is 7.22. The smallest absolute Gasteiger partial charge is 0.220 e. The molecule has 1 atom stereocenters. The van der Waals surface area contributed by atoms with E-state index in [1.165, 1.54) is 58.3 Å². The largest absolute Gasteiger partial charge is 0.370 e. The molecule has 0 radical (unpaired) electrons. The highest BCUT2D eigenvalue weighted by atomic mass is 35.5. The number of hydrogen-bond donors (Lipinski definition) is 3. The second-order valence-corrected chi connectivity index (χ2v) is 11.6. The van der Waals surface area contributed by atoms with Gasteiger partial charge >= 0.3 is 0 Å². The van der Waals surface area contributed by atoms with Crippen molar-refractivity contribution in [2.45, 2.75) is 91.0 Å². The monoisotopic (exact) mass is 589 g/mol. The van der Waals surface area contributed by atoms with E-state index in [1.807, 2.05) is 39.1 Å². The molecule has 1 heterocycles. The van der Waals surface area contributed by atoms with Gasteiger partial charge in [0, 0.05) is 43.2 Å². The second-order valence-electron chi connectivity index (χ2n) is 11.1. The molecule has 0 bridgehead atoms. The number of carbonyl (C=O) groups is 3. The second kappa shape index (κ2) is 21.2. The van der Waals surface area contributed by atoms with Crippen LogP contribution in [0.5, 0.6) is 0 Å². The van der Waals surface area contributed by atoms with Crippen LogP contribution in [-0.2, 0) is 14.4 Å². The molecular weight excluding hydrogens is 538 g/mol. The number of likely N-dealkylation sites (tertiary alicyclic amines) is 1. The summed E-state index contributed by atoms with van der Waals surface area (Å²) in [4.78, 5) is 38.8. The van der Waals surface area contributed by atoms with Gasteiger partial charge in [0.15, 0.2) is 0 Å². The van der Waals surface area contributed by atoms with E-state index in [4.69, 9.17) is 11.6 Å². The number of nitrogens with zero attached hydrogens (tertiary/aromatic N) is 2. The molecular formula is C32H52ClN5O3. The number of benzene rings is 1. The van der Waals surface area contributed by atoms with Crippen LogP contribution in [0.25, 0.3) is 0 Å². The van der Waals surface area contributed by atoms with Crippen molar-refractivity contribution >= 4 is 41.1 Å². The number of nitrogens with one attached hydrogen (secondary N) is 2. The Morgan fingerprint density at radius 3 is 2.29 bits per heavy atom. The summed E-state index contributed by atoms with van der Waals surface area (Å²) in [5.41, 5.74) is 8.11. The SMILES string of the molecule is C=C(C=O)CN1CCCCC1.CC(N)=O.CNCC(NC(=O)CCC(C)=Nc1ccc(Cl)cc1C)C1CCCCC1. The minimum atomic E-state index is -0.333. The topological polar surface area (TPSA) is 117 Å².